The summed E-state index contributed by atoms with van der Waals surface area (Å²) in [5.74, 6) is 0. The SMILES string of the molecule is Cc1ccc(C)c(Cc2ccc(-c3cccc(CN4CCOCC4)c3)s2)c1. The van der Waals surface area contributed by atoms with E-state index in [9.17, 15) is 0 Å². The Kier molecular flexibility index (Phi) is 5.72. The van der Waals surface area contributed by atoms with Crippen LogP contribution in [0.1, 0.15) is 27.1 Å². The first kappa shape index (κ1) is 18.4. The van der Waals surface area contributed by atoms with Crippen LogP contribution in [-0.4, -0.2) is 31.2 Å². The molecule has 0 radical (unpaired) electrons. The van der Waals surface area contributed by atoms with Crippen molar-refractivity contribution in [3.8, 4) is 10.4 Å². The van der Waals surface area contributed by atoms with Crippen LogP contribution in [0.15, 0.2) is 54.6 Å². The Morgan fingerprint density at radius 2 is 1.81 bits per heavy atom. The number of rotatable bonds is 5. The number of ether oxygens (including phenoxy) is 1. The van der Waals surface area contributed by atoms with E-state index >= 15 is 0 Å². The van der Waals surface area contributed by atoms with Crippen LogP contribution in [0.3, 0.4) is 0 Å². The Labute approximate surface area is 166 Å². The minimum Gasteiger partial charge on any atom is -0.379 e. The fraction of sp³-hybridized carbons (Fsp3) is 0.333. The van der Waals surface area contributed by atoms with Crippen molar-refractivity contribution >= 4 is 11.3 Å². The molecule has 3 heteroatoms. The lowest BCUT2D eigenvalue weighted by molar-refractivity contribution is 0.0342. The average molecular weight is 378 g/mol. The van der Waals surface area contributed by atoms with Crippen LogP contribution >= 0.6 is 11.3 Å². The molecule has 0 bridgehead atoms. The molecular formula is C24H27NOS. The summed E-state index contributed by atoms with van der Waals surface area (Å²) in [6.45, 7) is 9.16. The van der Waals surface area contributed by atoms with E-state index in [1.807, 2.05) is 11.3 Å². The van der Waals surface area contributed by atoms with Gasteiger partial charge in [0.05, 0.1) is 13.2 Å². The van der Waals surface area contributed by atoms with Crippen LogP contribution in [0.25, 0.3) is 10.4 Å². The van der Waals surface area contributed by atoms with Gasteiger partial charge in [-0.15, -0.1) is 11.3 Å². The van der Waals surface area contributed by atoms with Crippen LogP contribution in [0, 0.1) is 13.8 Å². The molecule has 1 aliphatic heterocycles. The largest absolute Gasteiger partial charge is 0.379 e. The summed E-state index contributed by atoms with van der Waals surface area (Å²) in [6, 6.07) is 20.3. The fourth-order valence-corrected chi connectivity index (χ4v) is 4.67. The highest BCUT2D eigenvalue weighted by molar-refractivity contribution is 7.15. The van der Waals surface area contributed by atoms with Crippen molar-refractivity contribution in [2.45, 2.75) is 26.8 Å². The molecule has 1 aliphatic rings. The minimum absolute atomic E-state index is 0.854. The van der Waals surface area contributed by atoms with E-state index in [-0.39, 0.29) is 0 Å². The maximum atomic E-state index is 5.46. The highest BCUT2D eigenvalue weighted by Gasteiger charge is 2.12. The monoisotopic (exact) mass is 377 g/mol. The van der Waals surface area contributed by atoms with Gasteiger partial charge in [-0.1, -0.05) is 42.0 Å². The summed E-state index contributed by atoms with van der Waals surface area (Å²) in [4.78, 5) is 5.26. The summed E-state index contributed by atoms with van der Waals surface area (Å²) >= 11 is 1.92. The van der Waals surface area contributed by atoms with E-state index in [0.29, 0.717) is 0 Å². The highest BCUT2D eigenvalue weighted by atomic mass is 32.1. The third kappa shape index (κ3) is 4.67. The van der Waals surface area contributed by atoms with E-state index in [0.717, 1.165) is 39.3 Å². The van der Waals surface area contributed by atoms with Gasteiger partial charge in [-0.05, 0) is 54.3 Å². The third-order valence-electron chi connectivity index (χ3n) is 5.25. The number of benzene rings is 2. The van der Waals surface area contributed by atoms with Crippen LogP contribution in [0.2, 0.25) is 0 Å². The lowest BCUT2D eigenvalue weighted by atomic mass is 10.0. The number of thiophene rings is 1. The number of aryl methyl sites for hydroxylation is 2. The Balaban J connectivity index is 1.49. The van der Waals surface area contributed by atoms with E-state index in [4.69, 9.17) is 4.74 Å². The van der Waals surface area contributed by atoms with E-state index in [2.05, 4.69) is 73.3 Å². The molecule has 4 rings (SSSR count). The second kappa shape index (κ2) is 8.39. The van der Waals surface area contributed by atoms with Gasteiger partial charge in [0.25, 0.3) is 0 Å². The predicted octanol–water partition coefficient (Wildman–Crippen LogP) is 5.45. The fourth-order valence-electron chi connectivity index (χ4n) is 3.65. The van der Waals surface area contributed by atoms with Crippen molar-refractivity contribution in [3.05, 3.63) is 81.7 Å². The van der Waals surface area contributed by atoms with Crippen molar-refractivity contribution in [1.82, 2.24) is 4.90 Å². The standard InChI is InChI=1S/C24H27NOS/c1-18-6-7-19(2)22(14-18)16-23-8-9-24(27-23)21-5-3-4-20(15-21)17-25-10-12-26-13-11-25/h3-9,14-15H,10-13,16-17H2,1-2H3. The summed E-state index contributed by atoms with van der Waals surface area (Å²) in [6.07, 6.45) is 1.02. The molecule has 0 spiro atoms. The molecule has 0 aliphatic carbocycles. The molecule has 2 aromatic carbocycles. The summed E-state index contributed by atoms with van der Waals surface area (Å²) in [5.41, 5.74) is 6.87. The molecule has 1 aromatic heterocycles. The molecular weight excluding hydrogens is 350 g/mol. The lowest BCUT2D eigenvalue weighted by Crippen LogP contribution is -2.35. The first-order valence-electron chi connectivity index (χ1n) is 9.72. The third-order valence-corrected chi connectivity index (χ3v) is 6.39. The van der Waals surface area contributed by atoms with Gasteiger partial charge in [0.1, 0.15) is 0 Å². The molecule has 1 fully saturated rings. The number of nitrogens with zero attached hydrogens (tertiary/aromatic N) is 1. The molecule has 0 N–H and O–H groups in total. The topological polar surface area (TPSA) is 12.5 Å². The first-order valence-corrected chi connectivity index (χ1v) is 10.5. The zero-order valence-electron chi connectivity index (χ0n) is 16.2. The van der Waals surface area contributed by atoms with Gasteiger partial charge in [-0.25, -0.2) is 0 Å². The average Bonchev–Trinajstić information content (AvgIpc) is 3.14. The summed E-state index contributed by atoms with van der Waals surface area (Å²) in [5, 5.41) is 0. The van der Waals surface area contributed by atoms with Gasteiger partial charge >= 0.3 is 0 Å². The zero-order valence-corrected chi connectivity index (χ0v) is 17.0. The van der Waals surface area contributed by atoms with Gasteiger partial charge in [0, 0.05) is 35.8 Å². The van der Waals surface area contributed by atoms with Crippen molar-refractivity contribution in [1.29, 1.82) is 0 Å². The van der Waals surface area contributed by atoms with E-state index < -0.39 is 0 Å². The summed E-state index contributed by atoms with van der Waals surface area (Å²) in [7, 11) is 0. The molecule has 3 aromatic rings. The van der Waals surface area contributed by atoms with Gasteiger partial charge in [-0.3, -0.25) is 4.90 Å². The zero-order chi connectivity index (χ0) is 18.6. The quantitative estimate of drug-likeness (QED) is 0.586. The van der Waals surface area contributed by atoms with Crippen LogP contribution in [-0.2, 0) is 17.7 Å². The maximum absolute atomic E-state index is 5.46. The predicted molar refractivity (Wildman–Crippen MR) is 115 cm³/mol. The second-order valence-corrected chi connectivity index (χ2v) is 8.63. The highest BCUT2D eigenvalue weighted by Crippen LogP contribution is 2.31. The van der Waals surface area contributed by atoms with Crippen LogP contribution in [0.5, 0.6) is 0 Å². The van der Waals surface area contributed by atoms with Crippen LogP contribution in [0.4, 0.5) is 0 Å². The van der Waals surface area contributed by atoms with Gasteiger partial charge < -0.3 is 4.74 Å². The van der Waals surface area contributed by atoms with Crippen molar-refractivity contribution in [3.63, 3.8) is 0 Å². The molecule has 140 valence electrons. The lowest BCUT2D eigenvalue weighted by Gasteiger charge is -2.26. The minimum atomic E-state index is 0.854. The Morgan fingerprint density at radius 1 is 0.963 bits per heavy atom. The Bertz CT molecular complexity index is 908. The molecule has 0 atom stereocenters. The molecule has 0 amide bonds. The molecule has 1 saturated heterocycles. The molecule has 2 nitrogen and oxygen atoms in total. The molecule has 2 heterocycles. The first-order chi connectivity index (χ1) is 13.2. The number of hydrogen-bond donors (Lipinski definition) is 0. The molecule has 27 heavy (non-hydrogen) atoms. The van der Waals surface area contributed by atoms with Crippen molar-refractivity contribution in [2.75, 3.05) is 26.3 Å². The second-order valence-electron chi connectivity index (χ2n) is 7.46. The summed E-state index contributed by atoms with van der Waals surface area (Å²) < 4.78 is 5.46. The normalized spacial score (nSPS) is 15.2. The van der Waals surface area contributed by atoms with Gasteiger partial charge in [0.2, 0.25) is 0 Å². The molecule has 0 saturated carbocycles. The maximum Gasteiger partial charge on any atom is 0.0594 e. The van der Waals surface area contributed by atoms with Gasteiger partial charge in [-0.2, -0.15) is 0 Å². The Hall–Kier alpha value is -1.94. The van der Waals surface area contributed by atoms with Gasteiger partial charge in [0.15, 0.2) is 0 Å². The number of hydrogen-bond acceptors (Lipinski definition) is 3. The van der Waals surface area contributed by atoms with E-state index in [1.54, 1.807) is 0 Å². The van der Waals surface area contributed by atoms with Crippen LogP contribution < -0.4 is 0 Å². The van der Waals surface area contributed by atoms with Crippen molar-refractivity contribution < 1.29 is 4.74 Å². The van der Waals surface area contributed by atoms with Crippen molar-refractivity contribution in [2.24, 2.45) is 0 Å². The van der Waals surface area contributed by atoms with E-state index in [1.165, 1.54) is 37.6 Å². The Morgan fingerprint density at radius 3 is 2.67 bits per heavy atom. The molecule has 0 unspecified atom stereocenters. The number of morpholine rings is 1. The smallest absolute Gasteiger partial charge is 0.0594 e.